The zero-order valence-corrected chi connectivity index (χ0v) is 10.4. The molecule has 0 saturated heterocycles. The fourth-order valence-electron chi connectivity index (χ4n) is 1.85. The number of para-hydroxylation sites is 1. The average molecular weight is 255 g/mol. The number of benzene rings is 1. The minimum Gasteiger partial charge on any atom is -0.349 e. The van der Waals surface area contributed by atoms with Crippen LogP contribution in [0.4, 0.5) is 5.95 Å². The Hall–Kier alpha value is -2.70. The van der Waals surface area contributed by atoms with Gasteiger partial charge in [-0.3, -0.25) is 0 Å². The van der Waals surface area contributed by atoms with Crippen molar-refractivity contribution in [2.45, 2.75) is 6.54 Å². The van der Waals surface area contributed by atoms with Gasteiger partial charge in [0.15, 0.2) is 0 Å². The number of anilines is 1. The highest BCUT2D eigenvalue weighted by Crippen LogP contribution is 2.14. The second-order valence-corrected chi connectivity index (χ2v) is 4.06. The van der Waals surface area contributed by atoms with E-state index in [1.807, 2.05) is 41.2 Å². The number of hydrogen-bond donors (Lipinski definition) is 1. The van der Waals surface area contributed by atoms with Gasteiger partial charge in [0, 0.05) is 26.0 Å². The molecule has 1 aromatic carbocycles. The van der Waals surface area contributed by atoms with Crippen molar-refractivity contribution in [1.29, 1.82) is 0 Å². The van der Waals surface area contributed by atoms with E-state index >= 15 is 0 Å². The summed E-state index contributed by atoms with van der Waals surface area (Å²) in [6.45, 7) is 0.629. The maximum absolute atomic E-state index is 4.25. The van der Waals surface area contributed by atoms with Crippen molar-refractivity contribution >= 4 is 5.95 Å². The first-order chi connectivity index (χ1) is 9.34. The van der Waals surface area contributed by atoms with Gasteiger partial charge in [-0.1, -0.05) is 23.3 Å². The van der Waals surface area contributed by atoms with E-state index in [2.05, 4.69) is 25.9 Å². The summed E-state index contributed by atoms with van der Waals surface area (Å²) in [7, 11) is 1.79. The van der Waals surface area contributed by atoms with Crippen LogP contribution in [0.2, 0.25) is 0 Å². The van der Waals surface area contributed by atoms with Crippen molar-refractivity contribution < 1.29 is 0 Å². The summed E-state index contributed by atoms with van der Waals surface area (Å²) in [5, 5.41) is 18.7. The molecule has 2 aromatic heterocycles. The molecule has 2 heterocycles. The summed E-state index contributed by atoms with van der Waals surface area (Å²) >= 11 is 0. The molecule has 0 spiro atoms. The van der Waals surface area contributed by atoms with Gasteiger partial charge in [-0.15, -0.1) is 0 Å². The van der Waals surface area contributed by atoms with Crippen molar-refractivity contribution in [2.75, 3.05) is 5.32 Å². The van der Waals surface area contributed by atoms with Gasteiger partial charge in [0.05, 0.1) is 5.69 Å². The van der Waals surface area contributed by atoms with Crippen LogP contribution in [0.1, 0.15) is 5.56 Å². The molecule has 7 heteroatoms. The van der Waals surface area contributed by atoms with Crippen LogP contribution in [0.3, 0.4) is 0 Å². The van der Waals surface area contributed by atoms with E-state index in [1.165, 1.54) is 0 Å². The number of rotatable bonds is 4. The zero-order valence-electron chi connectivity index (χ0n) is 10.4. The van der Waals surface area contributed by atoms with Gasteiger partial charge < -0.3 is 5.32 Å². The number of nitrogens with zero attached hydrogens (tertiary/aromatic N) is 6. The van der Waals surface area contributed by atoms with E-state index in [0.717, 1.165) is 11.3 Å². The van der Waals surface area contributed by atoms with Crippen molar-refractivity contribution in [2.24, 2.45) is 7.05 Å². The van der Waals surface area contributed by atoms with Crippen LogP contribution in [0.5, 0.6) is 0 Å². The number of hydrogen-bond acceptors (Lipinski definition) is 5. The molecule has 0 fully saturated rings. The van der Waals surface area contributed by atoms with E-state index in [4.69, 9.17) is 0 Å². The molecule has 0 saturated carbocycles. The molecule has 0 atom stereocenters. The highest BCUT2D eigenvalue weighted by molar-refractivity contribution is 5.42. The Labute approximate surface area is 109 Å². The monoisotopic (exact) mass is 255 g/mol. The third-order valence-corrected chi connectivity index (χ3v) is 2.80. The molecule has 0 aliphatic heterocycles. The van der Waals surface area contributed by atoms with Crippen LogP contribution in [0.15, 0.2) is 42.7 Å². The molecule has 96 valence electrons. The molecule has 3 rings (SSSR count). The first-order valence-corrected chi connectivity index (χ1v) is 5.89. The Balaban J connectivity index is 1.84. The molecule has 19 heavy (non-hydrogen) atoms. The Bertz CT molecular complexity index is 656. The van der Waals surface area contributed by atoms with Gasteiger partial charge in [0.2, 0.25) is 5.95 Å². The molecule has 0 aliphatic carbocycles. The van der Waals surface area contributed by atoms with Gasteiger partial charge in [0.1, 0.15) is 0 Å². The summed E-state index contributed by atoms with van der Waals surface area (Å²) in [5.74, 6) is 0.635. The minimum atomic E-state index is 0.629. The lowest BCUT2D eigenvalue weighted by atomic mass is 10.2. The van der Waals surface area contributed by atoms with Crippen molar-refractivity contribution in [1.82, 2.24) is 30.0 Å². The minimum absolute atomic E-state index is 0.629. The fraction of sp³-hybridized carbons (Fsp3) is 0.167. The lowest BCUT2D eigenvalue weighted by Crippen LogP contribution is -2.08. The van der Waals surface area contributed by atoms with Gasteiger partial charge in [-0.2, -0.15) is 5.10 Å². The van der Waals surface area contributed by atoms with Crippen LogP contribution in [-0.2, 0) is 13.6 Å². The Morgan fingerprint density at radius 1 is 1.21 bits per heavy atom. The number of nitrogens with one attached hydrogen (secondary N) is 1. The third-order valence-electron chi connectivity index (χ3n) is 2.80. The molecule has 3 aromatic rings. The largest absolute Gasteiger partial charge is 0.349 e. The third kappa shape index (κ3) is 2.30. The van der Waals surface area contributed by atoms with E-state index in [0.29, 0.717) is 12.5 Å². The summed E-state index contributed by atoms with van der Waals surface area (Å²) in [5.41, 5.74) is 2.16. The Kier molecular flexibility index (Phi) is 2.93. The molecule has 0 amide bonds. The predicted molar refractivity (Wildman–Crippen MR) is 69.7 cm³/mol. The molecular formula is C12H13N7. The van der Waals surface area contributed by atoms with Gasteiger partial charge in [0.25, 0.3) is 0 Å². The van der Waals surface area contributed by atoms with E-state index in [-0.39, 0.29) is 0 Å². The average Bonchev–Trinajstić information content (AvgIpc) is 3.08. The lowest BCUT2D eigenvalue weighted by molar-refractivity contribution is 0.712. The summed E-state index contributed by atoms with van der Waals surface area (Å²) in [4.78, 5) is 0. The summed E-state index contributed by atoms with van der Waals surface area (Å²) in [6, 6.07) is 9.97. The Morgan fingerprint density at radius 2 is 2.11 bits per heavy atom. The van der Waals surface area contributed by atoms with Crippen LogP contribution < -0.4 is 5.32 Å². The molecule has 1 N–H and O–H groups in total. The van der Waals surface area contributed by atoms with E-state index < -0.39 is 0 Å². The van der Waals surface area contributed by atoms with E-state index in [9.17, 15) is 0 Å². The Morgan fingerprint density at radius 3 is 2.84 bits per heavy atom. The SMILES string of the molecule is Cn1nnnc1NCc1ccccc1-n1cccn1. The first-order valence-electron chi connectivity index (χ1n) is 5.89. The molecule has 0 aliphatic rings. The topological polar surface area (TPSA) is 73.5 Å². The van der Waals surface area contributed by atoms with Crippen LogP contribution in [0, 0.1) is 0 Å². The number of aromatic nitrogens is 6. The second kappa shape index (κ2) is 4.89. The van der Waals surface area contributed by atoms with Crippen LogP contribution in [-0.4, -0.2) is 30.0 Å². The fourth-order valence-corrected chi connectivity index (χ4v) is 1.85. The predicted octanol–water partition coefficient (Wildman–Crippen LogP) is 1.01. The van der Waals surface area contributed by atoms with Gasteiger partial charge >= 0.3 is 0 Å². The standard InChI is InChI=1S/C12H13N7/c1-18-12(15-16-17-18)13-9-10-5-2-3-6-11(10)19-8-4-7-14-19/h2-8H,9H2,1H3,(H,13,15,17). The summed E-state index contributed by atoms with van der Waals surface area (Å²) < 4.78 is 3.43. The number of tetrazole rings is 1. The highest BCUT2D eigenvalue weighted by atomic mass is 15.6. The maximum atomic E-state index is 4.25. The normalized spacial score (nSPS) is 10.6. The molecule has 0 bridgehead atoms. The smallest absolute Gasteiger partial charge is 0.242 e. The van der Waals surface area contributed by atoms with E-state index in [1.54, 1.807) is 17.9 Å². The van der Waals surface area contributed by atoms with Crippen molar-refractivity contribution in [3.05, 3.63) is 48.3 Å². The van der Waals surface area contributed by atoms with Gasteiger partial charge in [-0.05, 0) is 28.1 Å². The molecular weight excluding hydrogens is 242 g/mol. The molecule has 7 nitrogen and oxygen atoms in total. The van der Waals surface area contributed by atoms with Crippen LogP contribution >= 0.6 is 0 Å². The highest BCUT2D eigenvalue weighted by Gasteiger charge is 2.06. The quantitative estimate of drug-likeness (QED) is 0.753. The molecule has 0 unspecified atom stereocenters. The lowest BCUT2D eigenvalue weighted by Gasteiger charge is -2.10. The second-order valence-electron chi connectivity index (χ2n) is 4.06. The van der Waals surface area contributed by atoms with Crippen molar-refractivity contribution in [3.8, 4) is 5.69 Å². The first kappa shape index (κ1) is 11.4. The maximum Gasteiger partial charge on any atom is 0.242 e. The number of aryl methyl sites for hydroxylation is 1. The van der Waals surface area contributed by atoms with Gasteiger partial charge in [-0.25, -0.2) is 9.36 Å². The molecule has 0 radical (unpaired) electrons. The van der Waals surface area contributed by atoms with Crippen molar-refractivity contribution in [3.63, 3.8) is 0 Å². The van der Waals surface area contributed by atoms with Crippen LogP contribution in [0.25, 0.3) is 5.69 Å². The zero-order chi connectivity index (χ0) is 13.1. The summed E-state index contributed by atoms with van der Waals surface area (Å²) in [6.07, 6.45) is 3.68.